The third-order valence-corrected chi connectivity index (χ3v) is 5.56. The van der Waals surface area contributed by atoms with Crippen molar-refractivity contribution in [2.24, 2.45) is 0 Å². The van der Waals surface area contributed by atoms with E-state index >= 15 is 0 Å². The monoisotopic (exact) mass is 326 g/mol. The molecule has 0 aliphatic carbocycles. The fourth-order valence-corrected chi connectivity index (χ4v) is 3.93. The van der Waals surface area contributed by atoms with Gasteiger partial charge in [-0.15, -0.1) is 21.5 Å². The molecule has 1 aliphatic rings. The molecule has 1 amide bonds. The van der Waals surface area contributed by atoms with Crippen LogP contribution in [0, 0.1) is 6.92 Å². The number of aromatic nitrogens is 3. The number of pyridine rings is 1. The van der Waals surface area contributed by atoms with Gasteiger partial charge in [0.1, 0.15) is 5.82 Å². The molecule has 1 fully saturated rings. The molecular formula is C17H18N4OS. The Bertz CT molecular complexity index is 847. The lowest BCUT2D eigenvalue weighted by Crippen LogP contribution is -2.49. The number of carbonyl (C=O) groups excluding carboxylic acids is 1. The summed E-state index contributed by atoms with van der Waals surface area (Å²) in [7, 11) is 0. The molecule has 0 N–H and O–H groups in total. The molecule has 0 saturated carbocycles. The smallest absolute Gasteiger partial charge is 0.222 e. The summed E-state index contributed by atoms with van der Waals surface area (Å²) >= 11 is 1.74. The number of hydrogen-bond donors (Lipinski definition) is 0. The lowest BCUT2D eigenvalue weighted by molar-refractivity contribution is -0.135. The van der Waals surface area contributed by atoms with E-state index in [-0.39, 0.29) is 5.91 Å². The Kier molecular flexibility index (Phi) is 3.61. The van der Waals surface area contributed by atoms with Crippen molar-refractivity contribution in [2.75, 3.05) is 13.1 Å². The van der Waals surface area contributed by atoms with Crippen LogP contribution in [-0.4, -0.2) is 38.5 Å². The minimum absolute atomic E-state index is 0.239. The predicted molar refractivity (Wildman–Crippen MR) is 89.7 cm³/mol. The maximum atomic E-state index is 12.3. The molecule has 118 valence electrons. The molecular weight excluding hydrogens is 308 g/mol. The van der Waals surface area contributed by atoms with Crippen molar-refractivity contribution < 1.29 is 4.79 Å². The molecule has 0 atom stereocenters. The van der Waals surface area contributed by atoms with E-state index in [4.69, 9.17) is 0 Å². The van der Waals surface area contributed by atoms with Crippen LogP contribution in [0.25, 0.3) is 5.65 Å². The van der Waals surface area contributed by atoms with E-state index in [1.807, 2.05) is 33.7 Å². The van der Waals surface area contributed by atoms with Crippen LogP contribution in [-0.2, 0) is 11.2 Å². The summed E-state index contributed by atoms with van der Waals surface area (Å²) in [6.45, 7) is 3.60. The first-order chi connectivity index (χ1) is 11.2. The van der Waals surface area contributed by atoms with Gasteiger partial charge in [-0.25, -0.2) is 0 Å². The normalized spacial score (nSPS) is 15.1. The van der Waals surface area contributed by atoms with Crippen LogP contribution in [0.3, 0.4) is 0 Å². The summed E-state index contributed by atoms with van der Waals surface area (Å²) < 4.78 is 2.02. The van der Waals surface area contributed by atoms with Crippen molar-refractivity contribution in [2.45, 2.75) is 25.7 Å². The second kappa shape index (κ2) is 5.77. The van der Waals surface area contributed by atoms with E-state index in [0.29, 0.717) is 12.3 Å². The molecule has 5 nitrogen and oxygen atoms in total. The highest BCUT2D eigenvalue weighted by molar-refractivity contribution is 7.10. The van der Waals surface area contributed by atoms with Crippen LogP contribution in [0.1, 0.15) is 28.6 Å². The average Bonchev–Trinajstić information content (AvgIpc) is 3.11. The molecule has 1 saturated heterocycles. The van der Waals surface area contributed by atoms with E-state index < -0.39 is 0 Å². The van der Waals surface area contributed by atoms with Gasteiger partial charge in [-0.2, -0.15) is 0 Å². The van der Waals surface area contributed by atoms with Crippen molar-refractivity contribution in [3.05, 3.63) is 52.1 Å². The third kappa shape index (κ3) is 2.63. The van der Waals surface area contributed by atoms with Crippen molar-refractivity contribution in [1.82, 2.24) is 19.5 Å². The van der Waals surface area contributed by atoms with E-state index in [9.17, 15) is 4.79 Å². The number of hydrogen-bond acceptors (Lipinski definition) is 4. The predicted octanol–water partition coefficient (Wildman–Crippen LogP) is 2.66. The highest BCUT2D eigenvalue weighted by Crippen LogP contribution is 2.27. The van der Waals surface area contributed by atoms with Crippen LogP contribution in [0.5, 0.6) is 0 Å². The molecule has 3 aromatic heterocycles. The topological polar surface area (TPSA) is 50.5 Å². The van der Waals surface area contributed by atoms with Crippen molar-refractivity contribution in [3.63, 3.8) is 0 Å². The zero-order valence-corrected chi connectivity index (χ0v) is 13.8. The van der Waals surface area contributed by atoms with Gasteiger partial charge < -0.3 is 4.90 Å². The van der Waals surface area contributed by atoms with Gasteiger partial charge >= 0.3 is 0 Å². The third-order valence-electron chi connectivity index (χ3n) is 4.47. The molecule has 0 radical (unpaired) electrons. The molecule has 0 bridgehead atoms. The second-order valence-corrected chi connectivity index (χ2v) is 7.01. The van der Waals surface area contributed by atoms with Crippen molar-refractivity contribution >= 4 is 22.9 Å². The van der Waals surface area contributed by atoms with Gasteiger partial charge in [-0.05, 0) is 42.5 Å². The molecule has 1 aliphatic heterocycles. The highest BCUT2D eigenvalue weighted by Gasteiger charge is 2.34. The summed E-state index contributed by atoms with van der Waals surface area (Å²) in [5.41, 5.74) is 2.15. The Morgan fingerprint density at radius 2 is 2.17 bits per heavy atom. The summed E-state index contributed by atoms with van der Waals surface area (Å²) in [6.07, 6.45) is 3.42. The van der Waals surface area contributed by atoms with Gasteiger partial charge in [0, 0.05) is 30.6 Å². The van der Waals surface area contributed by atoms with Crippen LogP contribution in [0.2, 0.25) is 0 Å². The molecule has 23 heavy (non-hydrogen) atoms. The number of thiophene rings is 1. The number of rotatable bonds is 4. The molecule has 0 unspecified atom stereocenters. The Morgan fingerprint density at radius 3 is 2.96 bits per heavy atom. The average molecular weight is 326 g/mol. The number of amides is 1. The first-order valence-electron chi connectivity index (χ1n) is 7.83. The molecule has 4 heterocycles. The summed E-state index contributed by atoms with van der Waals surface area (Å²) in [4.78, 5) is 15.5. The molecule has 0 aromatic carbocycles. The lowest BCUT2D eigenvalue weighted by Gasteiger charge is -2.38. The summed E-state index contributed by atoms with van der Waals surface area (Å²) in [6, 6.07) is 7.99. The van der Waals surface area contributed by atoms with Gasteiger partial charge in [-0.1, -0.05) is 6.07 Å². The maximum absolute atomic E-state index is 12.3. The van der Waals surface area contributed by atoms with Gasteiger partial charge in [0.2, 0.25) is 5.91 Å². The van der Waals surface area contributed by atoms with Crippen molar-refractivity contribution in [3.8, 4) is 0 Å². The second-order valence-electron chi connectivity index (χ2n) is 6.01. The number of carbonyl (C=O) groups is 1. The zero-order chi connectivity index (χ0) is 15.8. The highest BCUT2D eigenvalue weighted by atomic mass is 32.1. The van der Waals surface area contributed by atoms with Crippen LogP contribution in [0.4, 0.5) is 0 Å². The quantitative estimate of drug-likeness (QED) is 0.740. The van der Waals surface area contributed by atoms with Crippen LogP contribution in [0.15, 0.2) is 35.8 Å². The molecule has 4 rings (SSSR count). The number of nitrogens with zero attached hydrogens (tertiary/aromatic N) is 4. The fourth-order valence-electron chi connectivity index (χ4n) is 3.02. The Labute approximate surface area is 138 Å². The van der Waals surface area contributed by atoms with E-state index in [0.717, 1.165) is 31.0 Å². The fraction of sp³-hybridized carbons (Fsp3) is 0.353. The maximum Gasteiger partial charge on any atom is 0.222 e. The first-order valence-corrected chi connectivity index (χ1v) is 8.71. The molecule has 6 heteroatoms. The van der Waals surface area contributed by atoms with Crippen LogP contribution >= 0.6 is 11.3 Å². The first kappa shape index (κ1) is 14.4. The van der Waals surface area contributed by atoms with Gasteiger partial charge in [0.15, 0.2) is 5.65 Å². The number of likely N-dealkylation sites (tertiary alicyclic amines) is 1. The van der Waals surface area contributed by atoms with Gasteiger partial charge in [0.05, 0.1) is 5.92 Å². The van der Waals surface area contributed by atoms with E-state index in [2.05, 4.69) is 28.6 Å². The summed E-state index contributed by atoms with van der Waals surface area (Å²) in [5.74, 6) is 1.49. The van der Waals surface area contributed by atoms with E-state index in [1.165, 1.54) is 10.4 Å². The minimum Gasteiger partial charge on any atom is -0.341 e. The zero-order valence-electron chi connectivity index (χ0n) is 13.0. The molecule has 3 aromatic rings. The Hall–Kier alpha value is -2.21. The molecule has 0 spiro atoms. The largest absolute Gasteiger partial charge is 0.341 e. The standard InChI is InChI=1S/C17H18N4OS/c1-12-7-9-23-14(12)5-6-16(22)20-10-13(11-20)17-19-18-15-4-2-3-8-21(15)17/h2-4,7-9,13H,5-6,10-11H2,1H3. The number of fused-ring (bicyclic) bond motifs is 1. The van der Waals surface area contributed by atoms with Crippen molar-refractivity contribution in [1.29, 1.82) is 0 Å². The Morgan fingerprint density at radius 1 is 1.30 bits per heavy atom. The SMILES string of the molecule is Cc1ccsc1CCC(=O)N1CC(c2nnc3ccccn23)C1. The lowest BCUT2D eigenvalue weighted by atomic mass is 9.98. The van der Waals surface area contributed by atoms with Crippen LogP contribution < -0.4 is 0 Å². The minimum atomic E-state index is 0.239. The van der Waals surface area contributed by atoms with Gasteiger partial charge in [-0.3, -0.25) is 9.20 Å². The van der Waals surface area contributed by atoms with Gasteiger partial charge in [0.25, 0.3) is 0 Å². The number of aryl methyl sites for hydroxylation is 2. The Balaban J connectivity index is 1.36. The summed E-state index contributed by atoms with van der Waals surface area (Å²) in [5, 5.41) is 10.6. The van der Waals surface area contributed by atoms with E-state index in [1.54, 1.807) is 11.3 Å².